The normalized spacial score (nSPS) is 13.3. The molecular formula is C59H39N. The van der Waals surface area contributed by atoms with E-state index in [-0.39, 0.29) is 5.41 Å². The van der Waals surface area contributed by atoms with Crippen molar-refractivity contribution >= 4 is 92.5 Å². The van der Waals surface area contributed by atoms with Gasteiger partial charge in [0.2, 0.25) is 0 Å². The maximum atomic E-state index is 2.53. The second-order valence-corrected chi connectivity index (χ2v) is 17.2. The van der Waals surface area contributed by atoms with Crippen LogP contribution in [0.2, 0.25) is 0 Å². The zero-order valence-electron chi connectivity index (χ0n) is 33.5. The van der Waals surface area contributed by atoms with Crippen molar-refractivity contribution in [2.24, 2.45) is 0 Å². The molecule has 280 valence electrons. The Bertz CT molecular complexity index is 3730. The van der Waals surface area contributed by atoms with Crippen LogP contribution in [0.25, 0.3) is 97.7 Å². The zero-order valence-corrected chi connectivity index (χ0v) is 33.5. The predicted molar refractivity (Wildman–Crippen MR) is 258 cm³/mol. The lowest BCUT2D eigenvalue weighted by atomic mass is 9.82. The minimum atomic E-state index is -0.129. The van der Waals surface area contributed by atoms with Gasteiger partial charge in [0.1, 0.15) is 0 Å². The number of anilines is 3. The fourth-order valence-electron chi connectivity index (χ4n) is 10.9. The molecule has 0 saturated heterocycles. The summed E-state index contributed by atoms with van der Waals surface area (Å²) in [6.07, 6.45) is 0. The molecule has 0 bridgehead atoms. The first-order valence-corrected chi connectivity index (χ1v) is 21.1. The Kier molecular flexibility index (Phi) is 6.85. The van der Waals surface area contributed by atoms with Crippen molar-refractivity contribution in [2.75, 3.05) is 4.90 Å². The molecule has 1 nitrogen and oxygen atoms in total. The summed E-state index contributed by atoms with van der Waals surface area (Å²) in [5.74, 6) is 0. The van der Waals surface area contributed by atoms with Crippen LogP contribution < -0.4 is 4.90 Å². The first kappa shape index (κ1) is 33.5. The Labute approximate surface area is 348 Å². The Morgan fingerprint density at radius 2 is 0.850 bits per heavy atom. The number of hydrogen-bond donors (Lipinski definition) is 0. The summed E-state index contributed by atoms with van der Waals surface area (Å²) in [5.41, 5.74) is 11.1. The van der Waals surface area contributed by atoms with Gasteiger partial charge in [-0.3, -0.25) is 0 Å². The fourth-order valence-corrected chi connectivity index (χ4v) is 10.9. The summed E-state index contributed by atoms with van der Waals surface area (Å²) >= 11 is 0. The van der Waals surface area contributed by atoms with Crippen LogP contribution in [0, 0.1) is 0 Å². The van der Waals surface area contributed by atoms with E-state index >= 15 is 0 Å². The molecule has 12 aromatic rings. The number of fused-ring (bicyclic) bond motifs is 6. The molecule has 0 N–H and O–H groups in total. The Morgan fingerprint density at radius 3 is 1.55 bits per heavy atom. The Balaban J connectivity index is 1.14. The van der Waals surface area contributed by atoms with E-state index in [1.807, 2.05) is 0 Å². The average Bonchev–Trinajstić information content (AvgIpc) is 3.53. The van der Waals surface area contributed by atoms with Crippen LogP contribution in [0.15, 0.2) is 200 Å². The standard InChI is InChI=1S/C59H39N/c1-59(2)51-20-6-5-16-49(51)58-52(59)21-10-22-53(58)60(44-31-29-37(30-32-44)42-27-23-36-11-3-4-12-41(36)33-42)45-34-43-28-26-40-14-8-18-47-46-17-7-13-38-24-25-39-15-9-19-48(56(39)54(38)46)50(35-45)57(43)55(40)47/h3-35H,1-2H3. The SMILES string of the molecule is CC1(C)c2ccccc2-c2c(N(c3ccc(-c4ccc5ccccc5c4)cc3)c3cc4ccc5cccc6c7cccc8ccc9cccc(c(c3)c4c56)c9c87)cccc21. The largest absolute Gasteiger partial charge is 0.310 e. The van der Waals surface area contributed by atoms with Crippen LogP contribution in [-0.4, -0.2) is 0 Å². The topological polar surface area (TPSA) is 3.24 Å². The van der Waals surface area contributed by atoms with Crippen LogP contribution in [0.4, 0.5) is 17.1 Å². The van der Waals surface area contributed by atoms with Crippen LogP contribution in [-0.2, 0) is 5.41 Å². The van der Waals surface area contributed by atoms with Crippen molar-refractivity contribution in [1.82, 2.24) is 0 Å². The van der Waals surface area contributed by atoms with E-state index in [4.69, 9.17) is 0 Å². The van der Waals surface area contributed by atoms with Gasteiger partial charge in [-0.1, -0.05) is 178 Å². The molecule has 0 unspecified atom stereocenters. The van der Waals surface area contributed by atoms with Gasteiger partial charge in [-0.2, -0.15) is 0 Å². The minimum Gasteiger partial charge on any atom is -0.310 e. The summed E-state index contributed by atoms with van der Waals surface area (Å²) in [6.45, 7) is 4.75. The lowest BCUT2D eigenvalue weighted by Gasteiger charge is -2.30. The van der Waals surface area contributed by atoms with Crippen LogP contribution >= 0.6 is 0 Å². The molecule has 60 heavy (non-hydrogen) atoms. The number of nitrogens with zero attached hydrogens (tertiary/aromatic N) is 1. The third-order valence-electron chi connectivity index (χ3n) is 13.7. The molecule has 0 radical (unpaired) electrons. The molecule has 1 heteroatoms. The van der Waals surface area contributed by atoms with Crippen molar-refractivity contribution in [3.63, 3.8) is 0 Å². The molecule has 0 saturated carbocycles. The van der Waals surface area contributed by atoms with Crippen molar-refractivity contribution < 1.29 is 0 Å². The van der Waals surface area contributed by atoms with Gasteiger partial charge in [0, 0.05) is 22.4 Å². The minimum absolute atomic E-state index is 0.129. The van der Waals surface area contributed by atoms with Crippen molar-refractivity contribution in [3.8, 4) is 22.3 Å². The highest BCUT2D eigenvalue weighted by molar-refractivity contribution is 6.37. The van der Waals surface area contributed by atoms with Crippen molar-refractivity contribution in [1.29, 1.82) is 0 Å². The van der Waals surface area contributed by atoms with E-state index in [0.29, 0.717) is 0 Å². The van der Waals surface area contributed by atoms with E-state index < -0.39 is 0 Å². The molecular weight excluding hydrogens is 723 g/mol. The van der Waals surface area contributed by atoms with E-state index in [0.717, 1.165) is 11.4 Å². The highest BCUT2D eigenvalue weighted by Gasteiger charge is 2.37. The third kappa shape index (κ3) is 4.63. The third-order valence-corrected chi connectivity index (χ3v) is 13.7. The van der Waals surface area contributed by atoms with E-state index in [1.54, 1.807) is 0 Å². The highest BCUT2D eigenvalue weighted by Crippen LogP contribution is 2.55. The van der Waals surface area contributed by atoms with Crippen molar-refractivity contribution in [2.45, 2.75) is 19.3 Å². The van der Waals surface area contributed by atoms with Gasteiger partial charge in [-0.15, -0.1) is 0 Å². The summed E-state index contributed by atoms with van der Waals surface area (Å²) in [7, 11) is 0. The maximum absolute atomic E-state index is 2.53. The van der Waals surface area contributed by atoms with E-state index in [1.165, 1.54) is 114 Å². The van der Waals surface area contributed by atoms with Gasteiger partial charge in [0.15, 0.2) is 0 Å². The highest BCUT2D eigenvalue weighted by atomic mass is 15.1. The molecule has 13 rings (SSSR count). The second-order valence-electron chi connectivity index (χ2n) is 17.2. The molecule has 0 aromatic heterocycles. The van der Waals surface area contributed by atoms with Gasteiger partial charge in [0.05, 0.1) is 5.69 Å². The van der Waals surface area contributed by atoms with Crippen molar-refractivity contribution in [3.05, 3.63) is 211 Å². The molecule has 0 amide bonds. The fraction of sp³-hybridized carbons (Fsp3) is 0.0508. The molecule has 0 aliphatic heterocycles. The number of rotatable bonds is 4. The average molecular weight is 762 g/mol. The number of hydrogen-bond acceptors (Lipinski definition) is 1. The first-order chi connectivity index (χ1) is 29.5. The monoisotopic (exact) mass is 761 g/mol. The van der Waals surface area contributed by atoms with Crippen LogP contribution in [0.3, 0.4) is 0 Å². The van der Waals surface area contributed by atoms with E-state index in [2.05, 4.69) is 219 Å². The molecule has 0 spiro atoms. The van der Waals surface area contributed by atoms with Gasteiger partial charge in [0.25, 0.3) is 0 Å². The lowest BCUT2D eigenvalue weighted by Crippen LogP contribution is -2.16. The van der Waals surface area contributed by atoms with Gasteiger partial charge >= 0.3 is 0 Å². The molecule has 0 heterocycles. The second kappa shape index (κ2) is 12.3. The summed E-state index contributed by atoms with van der Waals surface area (Å²) in [5, 5.41) is 17.9. The smallest absolute Gasteiger partial charge is 0.0543 e. The molecule has 0 atom stereocenters. The molecule has 12 aromatic carbocycles. The van der Waals surface area contributed by atoms with Crippen LogP contribution in [0.5, 0.6) is 0 Å². The molecule has 1 aliphatic carbocycles. The van der Waals surface area contributed by atoms with Gasteiger partial charge in [-0.25, -0.2) is 0 Å². The first-order valence-electron chi connectivity index (χ1n) is 21.1. The zero-order chi connectivity index (χ0) is 39.7. The Morgan fingerprint density at radius 1 is 0.333 bits per heavy atom. The van der Waals surface area contributed by atoms with Gasteiger partial charge in [-0.05, 0) is 140 Å². The summed E-state index contributed by atoms with van der Waals surface area (Å²) < 4.78 is 0. The number of benzene rings is 11. The molecule has 0 fully saturated rings. The van der Waals surface area contributed by atoms with Crippen LogP contribution in [0.1, 0.15) is 25.0 Å². The van der Waals surface area contributed by atoms with Gasteiger partial charge < -0.3 is 4.90 Å². The molecule has 1 aliphatic rings. The quantitative estimate of drug-likeness (QED) is 0.161. The van der Waals surface area contributed by atoms with E-state index in [9.17, 15) is 0 Å². The Hall–Kier alpha value is -7.48. The summed E-state index contributed by atoms with van der Waals surface area (Å²) in [6, 6.07) is 75.3. The maximum Gasteiger partial charge on any atom is 0.0543 e. The predicted octanol–water partition coefficient (Wildman–Crippen LogP) is 16.6. The summed E-state index contributed by atoms with van der Waals surface area (Å²) in [4.78, 5) is 2.53. The lowest BCUT2D eigenvalue weighted by molar-refractivity contribution is 0.660.